The highest BCUT2D eigenvalue weighted by Gasteiger charge is 2.08. The zero-order valence-electron chi connectivity index (χ0n) is 8.11. The van der Waals surface area contributed by atoms with Crippen LogP contribution in [0.3, 0.4) is 0 Å². The molecule has 0 bridgehead atoms. The molecule has 0 aliphatic carbocycles. The molecule has 0 amide bonds. The fraction of sp³-hybridized carbons (Fsp3) is 0.200. The van der Waals surface area contributed by atoms with E-state index in [-0.39, 0.29) is 5.76 Å². The van der Waals surface area contributed by atoms with Crippen LogP contribution in [0.25, 0.3) is 12.2 Å². The second-order valence-corrected chi connectivity index (χ2v) is 2.71. The monoisotopic (exact) mass is 193 g/mol. The fourth-order valence-electron chi connectivity index (χ4n) is 1.05. The summed E-state index contributed by atoms with van der Waals surface area (Å²) < 4.78 is 5.81. The van der Waals surface area contributed by atoms with Crippen LogP contribution in [0.5, 0.6) is 0 Å². The molecular formula is C10H11NO3. The Morgan fingerprint density at radius 1 is 1.43 bits per heavy atom. The van der Waals surface area contributed by atoms with Gasteiger partial charge in [-0.05, 0) is 13.0 Å². The molecule has 0 radical (unpaired) electrons. The van der Waals surface area contributed by atoms with Gasteiger partial charge in [-0.1, -0.05) is 18.7 Å². The molecule has 74 valence electrons. The zero-order valence-corrected chi connectivity index (χ0v) is 8.11. The average molecular weight is 193 g/mol. The van der Waals surface area contributed by atoms with Gasteiger partial charge in [-0.2, -0.15) is 0 Å². The van der Waals surface area contributed by atoms with Gasteiger partial charge in [0.2, 0.25) is 0 Å². The minimum Gasteiger partial charge on any atom is -0.409 e. The van der Waals surface area contributed by atoms with Crippen molar-refractivity contribution in [3.63, 3.8) is 0 Å². The van der Waals surface area contributed by atoms with E-state index in [2.05, 4.69) is 6.58 Å². The van der Waals surface area contributed by atoms with Crippen molar-refractivity contribution in [3.8, 4) is 0 Å². The highest BCUT2D eigenvalue weighted by Crippen LogP contribution is 2.04. The van der Waals surface area contributed by atoms with E-state index in [9.17, 15) is 9.59 Å². The van der Waals surface area contributed by atoms with E-state index in [1.54, 1.807) is 19.1 Å². The highest BCUT2D eigenvalue weighted by molar-refractivity contribution is 5.58. The van der Waals surface area contributed by atoms with Crippen molar-refractivity contribution < 1.29 is 4.42 Å². The maximum Gasteiger partial charge on any atom is 0.422 e. The first kappa shape index (κ1) is 10.2. The quantitative estimate of drug-likeness (QED) is 0.704. The van der Waals surface area contributed by atoms with E-state index in [4.69, 9.17) is 4.42 Å². The summed E-state index contributed by atoms with van der Waals surface area (Å²) in [6, 6.07) is 0. The van der Waals surface area contributed by atoms with Crippen molar-refractivity contribution in [2.45, 2.75) is 6.92 Å². The van der Waals surface area contributed by atoms with Gasteiger partial charge in [0.25, 0.3) is 5.56 Å². The number of allylic oxidation sites excluding steroid dienone is 1. The molecule has 0 atom stereocenters. The van der Waals surface area contributed by atoms with Crippen molar-refractivity contribution in [1.82, 2.24) is 4.57 Å². The maximum absolute atomic E-state index is 11.5. The second kappa shape index (κ2) is 3.91. The Balaban J connectivity index is 3.69. The summed E-state index contributed by atoms with van der Waals surface area (Å²) >= 11 is 0. The van der Waals surface area contributed by atoms with Gasteiger partial charge in [0, 0.05) is 7.05 Å². The normalized spacial score (nSPS) is 10.7. The van der Waals surface area contributed by atoms with E-state index in [1.807, 2.05) is 0 Å². The lowest BCUT2D eigenvalue weighted by Gasteiger charge is -2.00. The molecule has 0 unspecified atom stereocenters. The molecule has 0 aliphatic rings. The molecular weight excluding hydrogens is 182 g/mol. The third-order valence-corrected chi connectivity index (χ3v) is 1.79. The van der Waals surface area contributed by atoms with E-state index >= 15 is 0 Å². The van der Waals surface area contributed by atoms with Crippen molar-refractivity contribution in [2.24, 2.45) is 7.05 Å². The third kappa shape index (κ3) is 1.59. The summed E-state index contributed by atoms with van der Waals surface area (Å²) in [7, 11) is 1.36. The Kier molecular flexibility index (Phi) is 2.86. The van der Waals surface area contributed by atoms with E-state index < -0.39 is 11.3 Å². The van der Waals surface area contributed by atoms with Crippen LogP contribution < -0.4 is 11.3 Å². The second-order valence-electron chi connectivity index (χ2n) is 2.71. The van der Waals surface area contributed by atoms with Crippen LogP contribution in [-0.4, -0.2) is 4.57 Å². The van der Waals surface area contributed by atoms with Gasteiger partial charge >= 0.3 is 5.76 Å². The molecule has 14 heavy (non-hydrogen) atoms. The first-order valence-corrected chi connectivity index (χ1v) is 4.11. The van der Waals surface area contributed by atoms with Crippen LogP contribution in [0.15, 0.2) is 26.7 Å². The Morgan fingerprint density at radius 2 is 2.07 bits per heavy atom. The number of hydrogen-bond acceptors (Lipinski definition) is 3. The minimum atomic E-state index is -0.673. The first-order valence-electron chi connectivity index (χ1n) is 4.11. The van der Waals surface area contributed by atoms with Crippen LogP contribution in [-0.2, 0) is 7.05 Å². The van der Waals surface area contributed by atoms with E-state index in [0.717, 1.165) is 4.57 Å². The third-order valence-electron chi connectivity index (χ3n) is 1.79. The lowest BCUT2D eigenvalue weighted by atomic mass is 10.2. The lowest BCUT2D eigenvalue weighted by molar-refractivity contribution is 0.433. The van der Waals surface area contributed by atoms with Gasteiger partial charge in [-0.25, -0.2) is 9.36 Å². The molecule has 0 N–H and O–H groups in total. The largest absolute Gasteiger partial charge is 0.422 e. The maximum atomic E-state index is 11.5. The summed E-state index contributed by atoms with van der Waals surface area (Å²) in [5.41, 5.74) is -0.102. The van der Waals surface area contributed by atoms with Crippen LogP contribution in [0, 0.1) is 0 Å². The van der Waals surface area contributed by atoms with Crippen LogP contribution in [0.2, 0.25) is 0 Å². The van der Waals surface area contributed by atoms with E-state index in [1.165, 1.54) is 13.1 Å². The molecule has 0 saturated heterocycles. The molecule has 4 heteroatoms. The summed E-state index contributed by atoms with van der Waals surface area (Å²) in [6.45, 7) is 5.26. The molecule has 0 aliphatic heterocycles. The van der Waals surface area contributed by atoms with Crippen LogP contribution in [0.1, 0.15) is 18.2 Å². The molecule has 0 aromatic carbocycles. The highest BCUT2D eigenvalue weighted by atomic mass is 16.4. The summed E-state index contributed by atoms with van der Waals surface area (Å²) in [4.78, 5) is 22.6. The molecule has 4 nitrogen and oxygen atoms in total. The Hall–Kier alpha value is -1.84. The first-order chi connectivity index (χ1) is 6.61. The van der Waals surface area contributed by atoms with Crippen molar-refractivity contribution in [2.75, 3.05) is 0 Å². The SMILES string of the molecule is C=Cc1c(/C=C\C)oc(=O)n(C)c1=O. The Bertz CT molecular complexity index is 491. The Morgan fingerprint density at radius 3 is 2.57 bits per heavy atom. The van der Waals surface area contributed by atoms with Gasteiger partial charge in [-0.3, -0.25) is 4.79 Å². The molecule has 1 aromatic rings. The van der Waals surface area contributed by atoms with Gasteiger partial charge in [0.05, 0.1) is 5.56 Å². The Labute approximate surface area is 80.8 Å². The summed E-state index contributed by atoms with van der Waals surface area (Å²) in [5, 5.41) is 0. The van der Waals surface area contributed by atoms with Gasteiger partial charge < -0.3 is 4.42 Å². The van der Waals surface area contributed by atoms with Crippen LogP contribution >= 0.6 is 0 Å². The molecule has 1 heterocycles. The number of rotatable bonds is 2. The smallest absolute Gasteiger partial charge is 0.409 e. The lowest BCUT2D eigenvalue weighted by Crippen LogP contribution is -2.31. The van der Waals surface area contributed by atoms with Crippen molar-refractivity contribution in [3.05, 3.63) is 44.9 Å². The van der Waals surface area contributed by atoms with Gasteiger partial charge in [-0.15, -0.1) is 0 Å². The molecule has 0 saturated carbocycles. The fourth-order valence-corrected chi connectivity index (χ4v) is 1.05. The molecule has 1 aromatic heterocycles. The predicted molar refractivity (Wildman–Crippen MR) is 55.0 cm³/mol. The van der Waals surface area contributed by atoms with Crippen molar-refractivity contribution in [1.29, 1.82) is 0 Å². The molecule has 0 spiro atoms. The van der Waals surface area contributed by atoms with Gasteiger partial charge in [0.1, 0.15) is 5.76 Å². The van der Waals surface area contributed by atoms with Gasteiger partial charge in [0.15, 0.2) is 0 Å². The predicted octanol–water partition coefficient (Wildman–Crippen LogP) is 1.01. The van der Waals surface area contributed by atoms with E-state index in [0.29, 0.717) is 5.56 Å². The summed E-state index contributed by atoms with van der Waals surface area (Å²) in [6.07, 6.45) is 4.62. The zero-order chi connectivity index (χ0) is 10.7. The summed E-state index contributed by atoms with van der Waals surface area (Å²) in [5.74, 6) is -0.427. The van der Waals surface area contributed by atoms with Crippen LogP contribution in [0.4, 0.5) is 0 Å². The number of aromatic nitrogens is 1. The number of nitrogens with zero attached hydrogens (tertiary/aromatic N) is 1. The average Bonchev–Trinajstić information content (AvgIpc) is 2.16. The number of hydrogen-bond donors (Lipinski definition) is 0. The molecule has 1 rings (SSSR count). The topological polar surface area (TPSA) is 52.2 Å². The minimum absolute atomic E-state index is 0.246. The van der Waals surface area contributed by atoms with Crippen molar-refractivity contribution >= 4 is 12.2 Å². The standard InChI is InChI=1S/C10H11NO3/c1-4-6-8-7(5-2)9(12)11(3)10(13)14-8/h4-6H,2H2,1,3H3/b6-4-. The molecule has 0 fully saturated rings.